The number of benzene rings is 13. The summed E-state index contributed by atoms with van der Waals surface area (Å²) in [7, 11) is 0. The Labute approximate surface area is 485 Å². The first-order chi connectivity index (χ1) is 39.2. The zero-order valence-electron chi connectivity index (χ0n) is 49.8. The lowest BCUT2D eigenvalue weighted by Crippen LogP contribution is -2.10. The Morgan fingerprint density at radius 1 is 0.195 bits per heavy atom. The Hall–Kier alpha value is -8.58. The van der Waals surface area contributed by atoms with Crippen LogP contribution in [0, 0.1) is 0 Å². The molecule has 0 amide bonds. The summed E-state index contributed by atoms with van der Waals surface area (Å²) in [5.74, 6) is 0. The van der Waals surface area contributed by atoms with Crippen molar-refractivity contribution in [2.45, 2.75) is 105 Å². The third-order valence-corrected chi connectivity index (χ3v) is 18.2. The Morgan fingerprint density at radius 2 is 0.476 bits per heavy atom. The van der Waals surface area contributed by atoms with Gasteiger partial charge in [0, 0.05) is 0 Å². The minimum atomic E-state index is 0.0421. The molecule has 400 valence electrons. The minimum absolute atomic E-state index is 0.0421. The number of hydrogen-bond acceptors (Lipinski definition) is 0. The maximum absolute atomic E-state index is 2.49. The molecule has 0 aromatic heterocycles. The highest BCUT2D eigenvalue weighted by Crippen LogP contribution is 2.60. The van der Waals surface area contributed by atoms with E-state index >= 15 is 0 Å². The molecule has 0 nitrogen and oxygen atoms in total. The second kappa shape index (κ2) is 18.5. The molecule has 13 aromatic carbocycles. The molecule has 14 rings (SSSR count). The van der Waals surface area contributed by atoms with Crippen LogP contribution < -0.4 is 0 Å². The van der Waals surface area contributed by atoms with Crippen LogP contribution in [0.3, 0.4) is 0 Å². The highest BCUT2D eigenvalue weighted by molar-refractivity contribution is 6.39. The van der Waals surface area contributed by atoms with E-state index in [1.807, 2.05) is 0 Å². The van der Waals surface area contributed by atoms with Crippen molar-refractivity contribution in [3.63, 3.8) is 0 Å². The molecule has 13 aromatic rings. The van der Waals surface area contributed by atoms with Gasteiger partial charge in [0.25, 0.3) is 0 Å². The number of fused-ring (bicyclic) bond motifs is 6. The average molecular weight is 1060 g/mol. The normalized spacial score (nSPS) is 12.9. The minimum Gasteiger partial charge on any atom is -0.0616 e. The summed E-state index contributed by atoms with van der Waals surface area (Å²) in [6.45, 7) is 27.6. The highest BCUT2D eigenvalue weighted by atomic mass is 14.4. The fraction of sp³-hybridized carbons (Fsp3) is 0.195. The number of rotatable bonds is 6. The van der Waals surface area contributed by atoms with E-state index in [1.54, 1.807) is 0 Å². The van der Waals surface area contributed by atoms with Crippen LogP contribution in [0.25, 0.3) is 143 Å². The zero-order chi connectivity index (χ0) is 56.8. The lowest BCUT2D eigenvalue weighted by Gasteiger charge is -2.23. The molecule has 0 bridgehead atoms. The van der Waals surface area contributed by atoms with Gasteiger partial charge in [0.15, 0.2) is 0 Å². The van der Waals surface area contributed by atoms with Crippen molar-refractivity contribution in [2.24, 2.45) is 0 Å². The second-order valence-corrected chi connectivity index (χ2v) is 27.7. The van der Waals surface area contributed by atoms with Gasteiger partial charge in [-0.3, -0.25) is 0 Å². The molecule has 0 N–H and O–H groups in total. The first-order valence-corrected chi connectivity index (χ1v) is 29.6. The van der Waals surface area contributed by atoms with Gasteiger partial charge in [0.2, 0.25) is 0 Å². The predicted octanol–water partition coefficient (Wildman–Crippen LogP) is 23.7. The molecule has 0 aliphatic heterocycles. The van der Waals surface area contributed by atoms with E-state index in [4.69, 9.17) is 0 Å². The second-order valence-electron chi connectivity index (χ2n) is 27.7. The van der Waals surface area contributed by atoms with Gasteiger partial charge in [0.05, 0.1) is 0 Å². The Balaban J connectivity index is 1.11. The third-order valence-electron chi connectivity index (χ3n) is 18.2. The highest BCUT2D eigenvalue weighted by Gasteiger charge is 2.33. The van der Waals surface area contributed by atoms with Crippen molar-refractivity contribution in [2.75, 3.05) is 0 Å². The predicted molar refractivity (Wildman–Crippen MR) is 357 cm³/mol. The van der Waals surface area contributed by atoms with Crippen LogP contribution in [0.4, 0.5) is 0 Å². The van der Waals surface area contributed by atoms with Gasteiger partial charge < -0.3 is 0 Å². The van der Waals surface area contributed by atoms with E-state index in [9.17, 15) is 0 Å². The third kappa shape index (κ3) is 8.48. The maximum atomic E-state index is 2.49. The zero-order valence-corrected chi connectivity index (χ0v) is 49.8. The molecular weight excluding hydrogens is 985 g/mol. The van der Waals surface area contributed by atoms with Gasteiger partial charge >= 0.3 is 0 Å². The van der Waals surface area contributed by atoms with E-state index in [0.717, 1.165) is 0 Å². The van der Waals surface area contributed by atoms with Crippen molar-refractivity contribution in [1.29, 1.82) is 0 Å². The lowest BCUT2D eigenvalue weighted by molar-refractivity contribution is 0.590. The van der Waals surface area contributed by atoms with Crippen molar-refractivity contribution in [3.8, 4) is 89.0 Å². The van der Waals surface area contributed by atoms with Crippen LogP contribution in [0.15, 0.2) is 218 Å². The maximum Gasteiger partial charge on any atom is -0.000740 e. The van der Waals surface area contributed by atoms with E-state index in [2.05, 4.69) is 301 Å². The van der Waals surface area contributed by atoms with Gasteiger partial charge in [-0.25, -0.2) is 0 Å². The molecule has 0 spiro atoms. The molecule has 0 heterocycles. The van der Waals surface area contributed by atoms with E-state index < -0.39 is 0 Å². The molecule has 82 heavy (non-hydrogen) atoms. The molecule has 0 heteroatoms. The van der Waals surface area contributed by atoms with Crippen molar-refractivity contribution >= 4 is 53.9 Å². The summed E-state index contributed by atoms with van der Waals surface area (Å²) in [6.07, 6.45) is 0. The fourth-order valence-electron chi connectivity index (χ4n) is 13.6. The summed E-state index contributed by atoms with van der Waals surface area (Å²) >= 11 is 0. The number of hydrogen-bond donors (Lipinski definition) is 0. The largest absolute Gasteiger partial charge is 0.0616 e. The van der Waals surface area contributed by atoms with Crippen molar-refractivity contribution in [3.05, 3.63) is 241 Å². The molecule has 0 fully saturated rings. The van der Waals surface area contributed by atoms with E-state index in [-0.39, 0.29) is 21.7 Å². The van der Waals surface area contributed by atoms with Crippen LogP contribution in [0.2, 0.25) is 0 Å². The van der Waals surface area contributed by atoms with Crippen LogP contribution in [0.5, 0.6) is 0 Å². The molecule has 0 saturated heterocycles. The van der Waals surface area contributed by atoms with Gasteiger partial charge in [-0.2, -0.15) is 0 Å². The van der Waals surface area contributed by atoms with Crippen molar-refractivity contribution in [1.82, 2.24) is 0 Å². The quantitative estimate of drug-likeness (QED) is 0.115. The average Bonchev–Trinajstić information content (AvgIpc) is 3.71. The van der Waals surface area contributed by atoms with Gasteiger partial charge in [0.1, 0.15) is 0 Å². The Kier molecular flexibility index (Phi) is 11.6. The van der Waals surface area contributed by atoms with Crippen LogP contribution in [-0.2, 0) is 21.7 Å². The molecule has 0 radical (unpaired) electrons. The summed E-state index contributed by atoms with van der Waals surface area (Å²) in [5.41, 5.74) is 25.3. The van der Waals surface area contributed by atoms with Gasteiger partial charge in [-0.05, 0) is 223 Å². The van der Waals surface area contributed by atoms with E-state index in [1.165, 1.54) is 165 Å². The Bertz CT molecular complexity index is 4240. The van der Waals surface area contributed by atoms with Gasteiger partial charge in [-0.15, -0.1) is 0 Å². The molecule has 1 aliphatic carbocycles. The topological polar surface area (TPSA) is 0 Å². The fourth-order valence-corrected chi connectivity index (χ4v) is 13.6. The summed E-state index contributed by atoms with van der Waals surface area (Å²) in [6, 6.07) is 85.0. The van der Waals surface area contributed by atoms with Crippen molar-refractivity contribution < 1.29 is 0 Å². The molecule has 0 saturated carbocycles. The monoisotopic (exact) mass is 1060 g/mol. The summed E-state index contributed by atoms with van der Waals surface area (Å²) in [4.78, 5) is 0. The van der Waals surface area contributed by atoms with E-state index in [0.29, 0.717) is 0 Å². The molecule has 1 aliphatic rings. The molecule has 0 unspecified atom stereocenters. The molecular formula is C82H72. The SMILES string of the molecule is CC(C)(C)c1ccc(-c2cc(-c3ccc(C(C)(C)C)cc3)cc(-c3c4c(c(-c5cc(-c6ccc(C(C)(C)C)cc6)cc(-c6ccc(C(C)(C)C)cc6)c5)c5ccccc35)-c3ccc5c6cccc7cccc(c8ccc-4c3c85)c76)c2)cc1. The first-order valence-electron chi connectivity index (χ1n) is 29.6. The summed E-state index contributed by atoms with van der Waals surface area (Å²) < 4.78 is 0. The molecule has 0 atom stereocenters. The lowest BCUT2D eigenvalue weighted by atomic mass is 9.80. The van der Waals surface area contributed by atoms with Gasteiger partial charge in [-0.1, -0.05) is 265 Å². The van der Waals surface area contributed by atoms with Crippen LogP contribution in [-0.4, -0.2) is 0 Å². The first kappa shape index (κ1) is 51.6. The standard InChI is InChI=1S/C82H72/c1-79(2,3)60-31-23-49(24-32-60)54-43-55(50-25-33-61(34-26-50)80(4,5)6)46-58(45-54)73-66-19-13-14-20-67(66)74(59-47-56(51-27-35-62(36-28-51)81(7,8)9)44-57(48-59)52-29-37-63(38-30-52)82(10,11)12)78-71-42-40-69-65-22-16-18-53-17-15-21-64(72(53)65)68-39-41-70(77(73)78)76(71)75(68)69/h13-48H,1-12H3. The van der Waals surface area contributed by atoms with Crippen LogP contribution >= 0.6 is 0 Å². The summed E-state index contributed by atoms with van der Waals surface area (Å²) in [5, 5.41) is 13.0. The Morgan fingerprint density at radius 3 is 0.780 bits per heavy atom. The smallest absolute Gasteiger partial charge is 0.000740 e. The van der Waals surface area contributed by atoms with Crippen LogP contribution in [0.1, 0.15) is 105 Å².